The molecule has 0 fully saturated rings. The SMILES string of the molecule is N#CCS(=O)(=O)N(CCC(=O)O)c1ccccc1N. The van der Waals surface area contributed by atoms with Crippen LogP contribution in [0, 0.1) is 11.3 Å². The molecule has 8 heteroatoms. The van der Waals surface area contributed by atoms with E-state index in [9.17, 15) is 13.2 Å². The number of nitriles is 1. The van der Waals surface area contributed by atoms with Crippen molar-refractivity contribution in [1.29, 1.82) is 5.26 Å². The van der Waals surface area contributed by atoms with Gasteiger partial charge in [-0.3, -0.25) is 9.10 Å². The Labute approximate surface area is 110 Å². The van der Waals surface area contributed by atoms with Gasteiger partial charge in [0.15, 0.2) is 5.75 Å². The molecular formula is C11H13N3O4S. The minimum atomic E-state index is -3.91. The molecule has 0 saturated carbocycles. The third-order valence-electron chi connectivity index (χ3n) is 2.32. The van der Waals surface area contributed by atoms with Crippen molar-refractivity contribution in [2.24, 2.45) is 0 Å². The van der Waals surface area contributed by atoms with E-state index in [0.29, 0.717) is 0 Å². The van der Waals surface area contributed by atoms with E-state index in [1.165, 1.54) is 12.1 Å². The molecule has 0 amide bonds. The fourth-order valence-electron chi connectivity index (χ4n) is 1.48. The van der Waals surface area contributed by atoms with Crippen LogP contribution in [0.25, 0.3) is 0 Å². The van der Waals surface area contributed by atoms with Gasteiger partial charge in [0, 0.05) is 6.54 Å². The van der Waals surface area contributed by atoms with Crippen LogP contribution in [-0.4, -0.2) is 31.8 Å². The number of para-hydroxylation sites is 2. The largest absolute Gasteiger partial charge is 0.481 e. The Morgan fingerprint density at radius 3 is 2.58 bits per heavy atom. The van der Waals surface area contributed by atoms with Crippen molar-refractivity contribution in [3.05, 3.63) is 24.3 Å². The van der Waals surface area contributed by atoms with Crippen LogP contribution in [0.2, 0.25) is 0 Å². The molecule has 0 spiro atoms. The maximum Gasteiger partial charge on any atom is 0.305 e. The number of nitrogens with two attached hydrogens (primary N) is 1. The van der Waals surface area contributed by atoms with E-state index < -0.39 is 21.7 Å². The van der Waals surface area contributed by atoms with E-state index in [1.807, 2.05) is 0 Å². The van der Waals surface area contributed by atoms with Crippen LogP contribution < -0.4 is 10.0 Å². The van der Waals surface area contributed by atoms with Crippen LogP contribution in [0.3, 0.4) is 0 Å². The molecule has 1 aromatic carbocycles. The average molecular weight is 283 g/mol. The number of anilines is 2. The van der Waals surface area contributed by atoms with Crippen LogP contribution in [0.5, 0.6) is 0 Å². The maximum atomic E-state index is 12.0. The van der Waals surface area contributed by atoms with Gasteiger partial charge in [0.2, 0.25) is 10.0 Å². The fourth-order valence-corrected chi connectivity index (χ4v) is 2.64. The number of carboxylic acid groups (broad SMARTS) is 1. The average Bonchev–Trinajstić information content (AvgIpc) is 2.30. The molecule has 0 aliphatic heterocycles. The number of sulfonamides is 1. The van der Waals surface area contributed by atoms with Crippen molar-refractivity contribution in [2.45, 2.75) is 6.42 Å². The summed E-state index contributed by atoms with van der Waals surface area (Å²) in [4.78, 5) is 10.6. The molecule has 1 aromatic rings. The third-order valence-corrected chi connectivity index (χ3v) is 3.86. The lowest BCUT2D eigenvalue weighted by atomic mass is 10.2. The molecule has 0 atom stereocenters. The number of hydrogen-bond donors (Lipinski definition) is 2. The topological polar surface area (TPSA) is 124 Å². The summed E-state index contributed by atoms with van der Waals surface area (Å²) in [5.74, 6) is -1.87. The molecule has 0 bridgehead atoms. The van der Waals surface area contributed by atoms with Crippen LogP contribution in [0.4, 0.5) is 11.4 Å². The molecule has 1 rings (SSSR count). The van der Waals surface area contributed by atoms with Crippen LogP contribution in [0.15, 0.2) is 24.3 Å². The molecule has 0 radical (unpaired) electrons. The zero-order valence-electron chi connectivity index (χ0n) is 9.98. The van der Waals surface area contributed by atoms with Crippen molar-refractivity contribution < 1.29 is 18.3 Å². The molecule has 0 aromatic heterocycles. The second-order valence-corrected chi connectivity index (χ2v) is 5.58. The number of nitrogens with zero attached hydrogens (tertiary/aromatic N) is 2. The molecule has 0 aliphatic rings. The molecule has 19 heavy (non-hydrogen) atoms. The van der Waals surface area contributed by atoms with E-state index in [1.54, 1.807) is 18.2 Å². The zero-order chi connectivity index (χ0) is 14.5. The van der Waals surface area contributed by atoms with Gasteiger partial charge < -0.3 is 10.8 Å². The second kappa shape index (κ2) is 6.06. The normalized spacial score (nSPS) is 10.7. The van der Waals surface area contributed by atoms with E-state index in [-0.39, 0.29) is 24.3 Å². The van der Waals surface area contributed by atoms with Crippen molar-refractivity contribution in [3.8, 4) is 6.07 Å². The van der Waals surface area contributed by atoms with Gasteiger partial charge in [0.05, 0.1) is 23.9 Å². The van der Waals surface area contributed by atoms with Gasteiger partial charge in [-0.25, -0.2) is 8.42 Å². The van der Waals surface area contributed by atoms with Gasteiger partial charge in [-0.1, -0.05) is 12.1 Å². The standard InChI is InChI=1S/C11H13N3O4S/c12-6-8-19(17,18)14(7-5-11(15)16)10-4-2-1-3-9(10)13/h1-4H,5,7-8,13H2,(H,15,16). The minimum Gasteiger partial charge on any atom is -0.481 e. The molecule has 0 heterocycles. The lowest BCUT2D eigenvalue weighted by molar-refractivity contribution is -0.136. The molecule has 0 aliphatic carbocycles. The van der Waals surface area contributed by atoms with E-state index in [0.717, 1.165) is 4.31 Å². The lowest BCUT2D eigenvalue weighted by Crippen LogP contribution is -2.35. The minimum absolute atomic E-state index is 0.180. The number of carbonyl (C=O) groups is 1. The first-order valence-electron chi connectivity index (χ1n) is 5.32. The number of benzene rings is 1. The molecule has 102 valence electrons. The number of carboxylic acids is 1. The van der Waals surface area contributed by atoms with Crippen LogP contribution >= 0.6 is 0 Å². The van der Waals surface area contributed by atoms with E-state index >= 15 is 0 Å². The van der Waals surface area contributed by atoms with Crippen molar-refractivity contribution in [1.82, 2.24) is 0 Å². The quantitative estimate of drug-likeness (QED) is 0.728. The first-order chi connectivity index (χ1) is 8.88. The first kappa shape index (κ1) is 14.8. The Morgan fingerprint density at radius 1 is 1.42 bits per heavy atom. The molecule has 7 nitrogen and oxygen atoms in total. The zero-order valence-corrected chi connectivity index (χ0v) is 10.8. The van der Waals surface area contributed by atoms with Gasteiger partial charge >= 0.3 is 5.97 Å². The van der Waals surface area contributed by atoms with Crippen molar-refractivity contribution >= 4 is 27.4 Å². The first-order valence-corrected chi connectivity index (χ1v) is 6.93. The van der Waals surface area contributed by atoms with Gasteiger partial charge in [0.25, 0.3) is 0 Å². The summed E-state index contributed by atoms with van der Waals surface area (Å²) in [6.07, 6.45) is -0.376. The Balaban J connectivity index is 3.17. The number of nitrogen functional groups attached to an aromatic ring is 1. The number of rotatable bonds is 6. The van der Waals surface area contributed by atoms with E-state index in [2.05, 4.69) is 0 Å². The Hall–Kier alpha value is -2.27. The van der Waals surface area contributed by atoms with Crippen molar-refractivity contribution in [2.75, 3.05) is 22.3 Å². The molecule has 0 unspecified atom stereocenters. The number of aliphatic carboxylic acids is 1. The maximum absolute atomic E-state index is 12.0. The van der Waals surface area contributed by atoms with Gasteiger partial charge in [-0.05, 0) is 12.1 Å². The highest BCUT2D eigenvalue weighted by Crippen LogP contribution is 2.25. The third kappa shape index (κ3) is 3.86. The van der Waals surface area contributed by atoms with Gasteiger partial charge in [-0.2, -0.15) is 5.26 Å². The molecule has 3 N–H and O–H groups in total. The second-order valence-electron chi connectivity index (χ2n) is 3.69. The Bertz CT molecular complexity index is 607. The highest BCUT2D eigenvalue weighted by molar-refractivity contribution is 7.93. The van der Waals surface area contributed by atoms with Gasteiger partial charge in [-0.15, -0.1) is 0 Å². The summed E-state index contributed by atoms with van der Waals surface area (Å²) in [5, 5.41) is 17.2. The predicted molar refractivity (Wildman–Crippen MR) is 69.9 cm³/mol. The van der Waals surface area contributed by atoms with E-state index in [4.69, 9.17) is 16.1 Å². The molecular weight excluding hydrogens is 270 g/mol. The smallest absolute Gasteiger partial charge is 0.305 e. The summed E-state index contributed by atoms with van der Waals surface area (Å²) in [5.41, 5.74) is 6.07. The van der Waals surface area contributed by atoms with Gasteiger partial charge in [0.1, 0.15) is 0 Å². The summed E-state index contributed by atoms with van der Waals surface area (Å²) in [6, 6.07) is 7.73. The summed E-state index contributed by atoms with van der Waals surface area (Å²) in [7, 11) is -3.91. The summed E-state index contributed by atoms with van der Waals surface area (Å²) < 4.78 is 24.8. The monoisotopic (exact) mass is 283 g/mol. The summed E-state index contributed by atoms with van der Waals surface area (Å²) >= 11 is 0. The lowest BCUT2D eigenvalue weighted by Gasteiger charge is -2.23. The fraction of sp³-hybridized carbons (Fsp3) is 0.273. The van der Waals surface area contributed by atoms with Crippen LogP contribution in [-0.2, 0) is 14.8 Å². The van der Waals surface area contributed by atoms with Crippen molar-refractivity contribution in [3.63, 3.8) is 0 Å². The Kier molecular flexibility index (Phi) is 4.72. The highest BCUT2D eigenvalue weighted by atomic mass is 32.2. The number of hydrogen-bond acceptors (Lipinski definition) is 5. The van der Waals surface area contributed by atoms with Crippen LogP contribution in [0.1, 0.15) is 6.42 Å². The predicted octanol–water partition coefficient (Wildman–Crippen LogP) is 0.403. The molecule has 0 saturated heterocycles. The highest BCUT2D eigenvalue weighted by Gasteiger charge is 2.24. The Morgan fingerprint density at radius 2 is 2.05 bits per heavy atom. The summed E-state index contributed by atoms with van der Waals surface area (Å²) in [6.45, 7) is -0.270.